The van der Waals surface area contributed by atoms with Gasteiger partial charge >= 0.3 is 0 Å². The van der Waals surface area contributed by atoms with Gasteiger partial charge in [-0.25, -0.2) is 8.42 Å². The molecular formula is C18H21IN2O3S. The molecule has 0 aliphatic heterocycles. The molecule has 1 amide bonds. The SMILES string of the molecule is Cc1cc(C)cc(N(C(C)C(=O)Nc2ccc(I)cc2)S(C)(=O)=O)c1. The third kappa shape index (κ3) is 5.18. The fourth-order valence-corrected chi connectivity index (χ4v) is 4.18. The average molecular weight is 472 g/mol. The van der Waals surface area contributed by atoms with Crippen molar-refractivity contribution in [2.24, 2.45) is 0 Å². The van der Waals surface area contributed by atoms with E-state index in [9.17, 15) is 13.2 Å². The molecule has 2 aromatic carbocycles. The molecule has 5 nitrogen and oxygen atoms in total. The van der Waals surface area contributed by atoms with Crippen LogP contribution in [0.5, 0.6) is 0 Å². The molecule has 134 valence electrons. The average Bonchev–Trinajstić information content (AvgIpc) is 2.47. The van der Waals surface area contributed by atoms with Gasteiger partial charge in [-0.3, -0.25) is 9.10 Å². The van der Waals surface area contributed by atoms with Crippen LogP contribution in [-0.2, 0) is 14.8 Å². The predicted molar refractivity (Wildman–Crippen MR) is 110 cm³/mol. The number of benzene rings is 2. The molecule has 2 aromatic rings. The fourth-order valence-electron chi connectivity index (χ4n) is 2.67. The predicted octanol–water partition coefficient (Wildman–Crippen LogP) is 3.70. The summed E-state index contributed by atoms with van der Waals surface area (Å²) in [6, 6.07) is 11.9. The number of nitrogens with one attached hydrogen (secondary N) is 1. The number of halogens is 1. The molecule has 0 aromatic heterocycles. The smallest absolute Gasteiger partial charge is 0.247 e. The van der Waals surface area contributed by atoms with Gasteiger partial charge in [-0.2, -0.15) is 0 Å². The van der Waals surface area contributed by atoms with Crippen LogP contribution < -0.4 is 9.62 Å². The van der Waals surface area contributed by atoms with Crippen LogP contribution in [0.3, 0.4) is 0 Å². The molecule has 1 N–H and O–H groups in total. The molecule has 2 rings (SSSR count). The maximum atomic E-state index is 12.6. The highest BCUT2D eigenvalue weighted by molar-refractivity contribution is 14.1. The van der Waals surface area contributed by atoms with Crippen LogP contribution in [0.4, 0.5) is 11.4 Å². The maximum absolute atomic E-state index is 12.6. The number of carbonyl (C=O) groups excluding carboxylic acids is 1. The summed E-state index contributed by atoms with van der Waals surface area (Å²) in [5.41, 5.74) is 3.00. The quantitative estimate of drug-likeness (QED) is 0.676. The van der Waals surface area contributed by atoms with E-state index in [4.69, 9.17) is 0 Å². The Morgan fingerprint density at radius 1 is 1.08 bits per heavy atom. The van der Waals surface area contributed by atoms with Crippen LogP contribution in [-0.4, -0.2) is 26.6 Å². The lowest BCUT2D eigenvalue weighted by Gasteiger charge is -2.28. The summed E-state index contributed by atoms with van der Waals surface area (Å²) in [5.74, 6) is -0.384. The maximum Gasteiger partial charge on any atom is 0.247 e. The lowest BCUT2D eigenvalue weighted by atomic mass is 10.1. The zero-order valence-electron chi connectivity index (χ0n) is 14.6. The second-order valence-electron chi connectivity index (χ2n) is 6.08. The van der Waals surface area contributed by atoms with Crippen molar-refractivity contribution < 1.29 is 13.2 Å². The Morgan fingerprint density at radius 2 is 1.60 bits per heavy atom. The number of sulfonamides is 1. The highest BCUT2D eigenvalue weighted by atomic mass is 127. The standard InChI is InChI=1S/C18H21IN2O3S/c1-12-9-13(2)11-17(10-12)21(25(4,23)24)14(3)18(22)20-16-7-5-15(19)6-8-16/h5-11,14H,1-4H3,(H,20,22). The minimum Gasteiger partial charge on any atom is -0.324 e. The van der Waals surface area contributed by atoms with Crippen LogP contribution in [0.2, 0.25) is 0 Å². The van der Waals surface area contributed by atoms with Gasteiger partial charge in [0, 0.05) is 9.26 Å². The van der Waals surface area contributed by atoms with Gasteiger partial charge in [0.05, 0.1) is 11.9 Å². The van der Waals surface area contributed by atoms with Gasteiger partial charge in [0.15, 0.2) is 0 Å². The summed E-state index contributed by atoms with van der Waals surface area (Å²) in [4.78, 5) is 12.6. The van der Waals surface area contributed by atoms with Crippen LogP contribution in [0.15, 0.2) is 42.5 Å². The molecule has 1 unspecified atom stereocenters. The zero-order valence-corrected chi connectivity index (χ0v) is 17.6. The summed E-state index contributed by atoms with van der Waals surface area (Å²) in [6.45, 7) is 5.38. The zero-order chi connectivity index (χ0) is 18.8. The number of aryl methyl sites for hydroxylation is 2. The number of amides is 1. The van der Waals surface area contributed by atoms with E-state index in [0.717, 1.165) is 25.3 Å². The van der Waals surface area contributed by atoms with E-state index in [-0.39, 0.29) is 5.91 Å². The summed E-state index contributed by atoms with van der Waals surface area (Å²) < 4.78 is 26.9. The Bertz CT molecular complexity index is 859. The molecule has 7 heteroatoms. The summed E-state index contributed by atoms with van der Waals surface area (Å²) >= 11 is 2.18. The van der Waals surface area contributed by atoms with E-state index < -0.39 is 16.1 Å². The van der Waals surface area contributed by atoms with Gasteiger partial charge < -0.3 is 5.32 Å². The number of carbonyl (C=O) groups is 1. The lowest BCUT2D eigenvalue weighted by molar-refractivity contribution is -0.116. The first-order chi connectivity index (χ1) is 11.6. The van der Waals surface area contributed by atoms with E-state index in [1.54, 1.807) is 31.2 Å². The van der Waals surface area contributed by atoms with Gasteiger partial charge in [0.25, 0.3) is 0 Å². The van der Waals surface area contributed by atoms with Crippen molar-refractivity contribution in [3.8, 4) is 0 Å². The van der Waals surface area contributed by atoms with E-state index >= 15 is 0 Å². The second kappa shape index (κ2) is 7.74. The third-order valence-electron chi connectivity index (χ3n) is 3.66. The highest BCUT2D eigenvalue weighted by Gasteiger charge is 2.29. The molecule has 25 heavy (non-hydrogen) atoms. The largest absolute Gasteiger partial charge is 0.324 e. The van der Waals surface area contributed by atoms with E-state index in [1.165, 1.54) is 0 Å². The van der Waals surface area contributed by atoms with Gasteiger partial charge in [-0.1, -0.05) is 6.07 Å². The minimum absolute atomic E-state index is 0.384. The van der Waals surface area contributed by atoms with E-state index in [1.807, 2.05) is 32.0 Å². The van der Waals surface area contributed by atoms with E-state index in [0.29, 0.717) is 11.4 Å². The third-order valence-corrected chi connectivity index (χ3v) is 5.62. The topological polar surface area (TPSA) is 66.5 Å². The van der Waals surface area contributed by atoms with Crippen LogP contribution in [0, 0.1) is 17.4 Å². The van der Waals surface area contributed by atoms with Gasteiger partial charge in [0.2, 0.25) is 15.9 Å². The normalized spacial score (nSPS) is 12.5. The molecule has 0 heterocycles. The Kier molecular flexibility index (Phi) is 6.10. The van der Waals surface area contributed by atoms with Crippen LogP contribution in [0.1, 0.15) is 18.1 Å². The molecule has 0 bridgehead atoms. The Morgan fingerprint density at radius 3 is 2.08 bits per heavy atom. The molecule has 0 fully saturated rings. The number of hydrogen-bond acceptors (Lipinski definition) is 3. The van der Waals surface area contributed by atoms with Crippen molar-refractivity contribution >= 4 is 49.9 Å². The van der Waals surface area contributed by atoms with Crippen LogP contribution in [0.25, 0.3) is 0 Å². The first kappa shape index (κ1) is 19.7. The Labute approximate surface area is 162 Å². The second-order valence-corrected chi connectivity index (χ2v) is 9.18. The fraction of sp³-hybridized carbons (Fsp3) is 0.278. The summed E-state index contributed by atoms with van der Waals surface area (Å²) in [7, 11) is -3.62. The monoisotopic (exact) mass is 472 g/mol. The van der Waals surface area contributed by atoms with Crippen molar-refractivity contribution in [2.75, 3.05) is 15.9 Å². The van der Waals surface area contributed by atoms with Gasteiger partial charge in [-0.05, 0) is 90.9 Å². The molecule has 0 saturated heterocycles. The summed E-state index contributed by atoms with van der Waals surface area (Å²) in [6.07, 6.45) is 1.11. The van der Waals surface area contributed by atoms with Gasteiger partial charge in [-0.15, -0.1) is 0 Å². The molecule has 0 aliphatic carbocycles. The molecule has 0 aliphatic rings. The van der Waals surface area contributed by atoms with Crippen molar-refractivity contribution in [3.05, 3.63) is 57.2 Å². The molecule has 0 spiro atoms. The van der Waals surface area contributed by atoms with Crippen molar-refractivity contribution in [2.45, 2.75) is 26.8 Å². The molecule has 0 saturated carbocycles. The highest BCUT2D eigenvalue weighted by Crippen LogP contribution is 2.24. The van der Waals surface area contributed by atoms with Crippen molar-refractivity contribution in [1.29, 1.82) is 0 Å². The van der Waals surface area contributed by atoms with Crippen molar-refractivity contribution in [3.63, 3.8) is 0 Å². The molecule has 0 radical (unpaired) electrons. The first-order valence-corrected chi connectivity index (χ1v) is 10.6. The lowest BCUT2D eigenvalue weighted by Crippen LogP contribution is -2.45. The Balaban J connectivity index is 2.34. The summed E-state index contributed by atoms with van der Waals surface area (Å²) in [5, 5.41) is 2.77. The van der Waals surface area contributed by atoms with Crippen LogP contribution >= 0.6 is 22.6 Å². The minimum atomic E-state index is -3.62. The molecular weight excluding hydrogens is 451 g/mol. The Hall–Kier alpha value is -1.61. The van der Waals surface area contributed by atoms with Gasteiger partial charge in [0.1, 0.15) is 6.04 Å². The number of rotatable bonds is 5. The van der Waals surface area contributed by atoms with E-state index in [2.05, 4.69) is 27.9 Å². The first-order valence-electron chi connectivity index (χ1n) is 7.72. The number of hydrogen-bond donors (Lipinski definition) is 1. The molecule has 1 atom stereocenters. The number of anilines is 2. The number of nitrogens with zero attached hydrogens (tertiary/aromatic N) is 1. The van der Waals surface area contributed by atoms with Crippen molar-refractivity contribution in [1.82, 2.24) is 0 Å².